The molecule has 0 unspecified atom stereocenters. The molecule has 0 aliphatic carbocycles. The lowest BCUT2D eigenvalue weighted by Crippen LogP contribution is -2.26. The summed E-state index contributed by atoms with van der Waals surface area (Å²) in [5, 5.41) is 5.77. The molecule has 2 N–H and O–H groups in total. The van der Waals surface area contributed by atoms with Gasteiger partial charge in [0.05, 0.1) is 26.4 Å². The number of hydrogen-bond donors (Lipinski definition) is 2. The molecule has 0 saturated carbocycles. The molecule has 7 nitrogen and oxygen atoms in total. The Morgan fingerprint density at radius 3 is 2.56 bits per heavy atom. The molecule has 1 amide bonds. The van der Waals surface area contributed by atoms with Gasteiger partial charge in [0, 0.05) is 19.2 Å². The van der Waals surface area contributed by atoms with Gasteiger partial charge in [0.15, 0.2) is 11.5 Å². The second kappa shape index (κ2) is 11.5. The predicted molar refractivity (Wildman–Crippen MR) is 95.0 cm³/mol. The van der Waals surface area contributed by atoms with Crippen molar-refractivity contribution in [3.05, 3.63) is 29.8 Å². The van der Waals surface area contributed by atoms with Gasteiger partial charge in [-0.3, -0.25) is 4.79 Å². The summed E-state index contributed by atoms with van der Waals surface area (Å²) in [4.78, 5) is 11.8. The van der Waals surface area contributed by atoms with Crippen molar-refractivity contribution >= 4 is 12.0 Å². The maximum Gasteiger partial charge on any atom is 0.244 e. The first-order chi connectivity index (χ1) is 12.3. The van der Waals surface area contributed by atoms with Gasteiger partial charge in [-0.2, -0.15) is 0 Å². The lowest BCUT2D eigenvalue weighted by molar-refractivity contribution is -0.116. The maximum absolute atomic E-state index is 11.8. The van der Waals surface area contributed by atoms with Crippen molar-refractivity contribution in [3.8, 4) is 11.5 Å². The van der Waals surface area contributed by atoms with Crippen LogP contribution >= 0.6 is 0 Å². The highest BCUT2D eigenvalue weighted by Gasteiger charge is 2.10. The van der Waals surface area contributed by atoms with Gasteiger partial charge >= 0.3 is 0 Å². The van der Waals surface area contributed by atoms with Crippen LogP contribution in [0, 0.1) is 0 Å². The third-order valence-corrected chi connectivity index (χ3v) is 3.41. The van der Waals surface area contributed by atoms with E-state index in [1.54, 1.807) is 6.08 Å². The molecule has 0 fully saturated rings. The average molecular weight is 350 g/mol. The third kappa shape index (κ3) is 7.55. The van der Waals surface area contributed by atoms with Crippen molar-refractivity contribution in [2.45, 2.75) is 0 Å². The lowest BCUT2D eigenvalue weighted by Gasteiger charge is -2.18. The number of likely N-dealkylation sites (N-methyl/N-ethyl adjacent to an activating group) is 1. The summed E-state index contributed by atoms with van der Waals surface area (Å²) in [5.74, 6) is 1.28. The van der Waals surface area contributed by atoms with Crippen molar-refractivity contribution in [3.63, 3.8) is 0 Å². The molecule has 1 aromatic carbocycles. The summed E-state index contributed by atoms with van der Waals surface area (Å²) in [5.41, 5.74) is 0.884. The Labute approximate surface area is 148 Å². The molecule has 138 valence electrons. The fourth-order valence-corrected chi connectivity index (χ4v) is 2.14. The van der Waals surface area contributed by atoms with Crippen LogP contribution in [0.2, 0.25) is 0 Å². The van der Waals surface area contributed by atoms with Crippen molar-refractivity contribution in [1.29, 1.82) is 0 Å². The van der Waals surface area contributed by atoms with E-state index in [-0.39, 0.29) is 5.91 Å². The van der Waals surface area contributed by atoms with Crippen LogP contribution in [-0.2, 0) is 14.3 Å². The van der Waals surface area contributed by atoms with Crippen molar-refractivity contribution < 1.29 is 23.7 Å². The average Bonchev–Trinajstić information content (AvgIpc) is 2.65. The van der Waals surface area contributed by atoms with E-state index >= 15 is 0 Å². The van der Waals surface area contributed by atoms with Crippen LogP contribution in [0.15, 0.2) is 24.3 Å². The van der Waals surface area contributed by atoms with E-state index in [1.165, 1.54) is 6.08 Å². The molecule has 1 heterocycles. The molecule has 2 rings (SSSR count). The minimum absolute atomic E-state index is 0.163. The minimum Gasteiger partial charge on any atom is -0.486 e. The number of benzene rings is 1. The fourth-order valence-electron chi connectivity index (χ4n) is 2.14. The van der Waals surface area contributed by atoms with Gasteiger partial charge in [-0.05, 0) is 30.8 Å². The maximum atomic E-state index is 11.8. The molecule has 1 aliphatic heterocycles. The molecule has 0 aromatic heterocycles. The molecule has 1 aromatic rings. The zero-order chi connectivity index (χ0) is 17.7. The number of hydrogen-bond acceptors (Lipinski definition) is 6. The topological polar surface area (TPSA) is 78.0 Å². The van der Waals surface area contributed by atoms with Gasteiger partial charge < -0.3 is 29.6 Å². The predicted octanol–water partition coefficient (Wildman–Crippen LogP) is 0.840. The van der Waals surface area contributed by atoms with E-state index in [2.05, 4.69) is 10.6 Å². The summed E-state index contributed by atoms with van der Waals surface area (Å²) in [7, 11) is 1.88. The molecule has 0 radical (unpaired) electrons. The normalized spacial score (nSPS) is 13.2. The Balaban J connectivity index is 1.58. The molecule has 0 bridgehead atoms. The second-order valence-electron chi connectivity index (χ2n) is 5.36. The number of fused-ring (bicyclic) bond motifs is 1. The van der Waals surface area contributed by atoms with Crippen LogP contribution in [0.25, 0.3) is 6.08 Å². The zero-order valence-corrected chi connectivity index (χ0v) is 14.6. The molecular formula is C18H26N2O5. The molecule has 7 heteroatoms. The quantitative estimate of drug-likeness (QED) is 0.455. The fraction of sp³-hybridized carbons (Fsp3) is 0.500. The van der Waals surface area contributed by atoms with Crippen LogP contribution in [0.4, 0.5) is 0 Å². The number of amides is 1. The molecule has 25 heavy (non-hydrogen) atoms. The van der Waals surface area contributed by atoms with Gasteiger partial charge in [-0.15, -0.1) is 0 Å². The highest BCUT2D eigenvalue weighted by Crippen LogP contribution is 2.30. The zero-order valence-electron chi connectivity index (χ0n) is 14.6. The van der Waals surface area contributed by atoms with Crippen molar-refractivity contribution in [1.82, 2.24) is 10.6 Å². The Hall–Kier alpha value is -2.09. The Kier molecular flexibility index (Phi) is 8.82. The van der Waals surface area contributed by atoms with E-state index in [4.69, 9.17) is 18.9 Å². The minimum atomic E-state index is -0.163. The molecule has 0 spiro atoms. The summed E-state index contributed by atoms with van der Waals surface area (Å²) < 4.78 is 21.7. The molecule has 0 atom stereocenters. The second-order valence-corrected chi connectivity index (χ2v) is 5.36. The molecule has 0 saturated heterocycles. The van der Waals surface area contributed by atoms with E-state index in [9.17, 15) is 4.79 Å². The smallest absolute Gasteiger partial charge is 0.244 e. The van der Waals surface area contributed by atoms with Crippen molar-refractivity contribution in [2.24, 2.45) is 0 Å². The van der Waals surface area contributed by atoms with Crippen LogP contribution in [0.3, 0.4) is 0 Å². The number of carbonyl (C=O) groups excluding carboxylic acids is 1. The first kappa shape index (κ1) is 19.2. The largest absolute Gasteiger partial charge is 0.486 e. The summed E-state index contributed by atoms with van der Waals surface area (Å²) in [6.45, 7) is 4.59. The van der Waals surface area contributed by atoms with Crippen LogP contribution < -0.4 is 20.1 Å². The van der Waals surface area contributed by atoms with Gasteiger partial charge in [-0.25, -0.2) is 0 Å². The van der Waals surface area contributed by atoms with Crippen LogP contribution in [0.5, 0.6) is 11.5 Å². The number of ether oxygens (including phenoxy) is 4. The summed E-state index contributed by atoms with van der Waals surface area (Å²) in [6.07, 6.45) is 3.23. The number of rotatable bonds is 11. The van der Waals surface area contributed by atoms with Crippen molar-refractivity contribution in [2.75, 3.05) is 59.8 Å². The Bertz CT molecular complexity index is 562. The standard InChI is InChI=1S/C18H26N2O5/c1-19-6-8-22-10-11-23-9-7-20-18(21)5-3-15-2-4-16-17(14-15)25-13-12-24-16/h2-5,14,19H,6-13H2,1H3,(H,20,21)/b5-3+. The van der Waals surface area contributed by atoms with Crippen LogP contribution in [0.1, 0.15) is 5.56 Å². The van der Waals surface area contributed by atoms with Crippen LogP contribution in [-0.4, -0.2) is 65.7 Å². The summed E-state index contributed by atoms with van der Waals surface area (Å²) >= 11 is 0. The summed E-state index contributed by atoms with van der Waals surface area (Å²) in [6, 6.07) is 5.59. The monoisotopic (exact) mass is 350 g/mol. The van der Waals surface area contributed by atoms with Gasteiger partial charge in [0.1, 0.15) is 13.2 Å². The number of carbonyl (C=O) groups is 1. The van der Waals surface area contributed by atoms with E-state index in [0.717, 1.165) is 17.9 Å². The Morgan fingerprint density at radius 2 is 1.80 bits per heavy atom. The van der Waals surface area contributed by atoms with E-state index in [0.29, 0.717) is 51.9 Å². The number of nitrogens with one attached hydrogen (secondary N) is 2. The first-order valence-corrected chi connectivity index (χ1v) is 8.45. The highest BCUT2D eigenvalue weighted by molar-refractivity contribution is 5.91. The van der Waals surface area contributed by atoms with Gasteiger partial charge in [0.25, 0.3) is 0 Å². The third-order valence-electron chi connectivity index (χ3n) is 3.41. The van der Waals surface area contributed by atoms with E-state index < -0.39 is 0 Å². The highest BCUT2D eigenvalue weighted by atomic mass is 16.6. The molecule has 1 aliphatic rings. The van der Waals surface area contributed by atoms with Gasteiger partial charge in [0.2, 0.25) is 5.91 Å². The lowest BCUT2D eigenvalue weighted by atomic mass is 10.2. The molecular weight excluding hydrogens is 324 g/mol. The Morgan fingerprint density at radius 1 is 1.08 bits per heavy atom. The van der Waals surface area contributed by atoms with E-state index in [1.807, 2.05) is 25.2 Å². The first-order valence-electron chi connectivity index (χ1n) is 8.45. The van der Waals surface area contributed by atoms with Gasteiger partial charge in [-0.1, -0.05) is 6.07 Å². The SMILES string of the molecule is CNCCOCCOCCNC(=O)/C=C/c1ccc2c(c1)OCCO2.